The molecule has 0 amide bonds. The lowest BCUT2D eigenvalue weighted by Gasteiger charge is -2.01. The molecule has 0 atom stereocenters. The van der Waals surface area contributed by atoms with Gasteiger partial charge in [0.05, 0.1) is 17.9 Å². The lowest BCUT2D eigenvalue weighted by atomic mass is 10.3. The molecule has 1 N–H and O–H groups in total. The Kier molecular flexibility index (Phi) is 3.18. The Labute approximate surface area is 91.9 Å². The van der Waals surface area contributed by atoms with Crippen LogP contribution in [0.25, 0.3) is 11.4 Å². The Morgan fingerprint density at radius 3 is 3.00 bits per heavy atom. The second-order valence-electron chi connectivity index (χ2n) is 2.98. The van der Waals surface area contributed by atoms with Crippen molar-refractivity contribution in [2.75, 3.05) is 11.9 Å². The fourth-order valence-corrected chi connectivity index (χ4v) is 1.67. The molecule has 0 radical (unpaired) electrons. The molecule has 78 valence electrons. The van der Waals surface area contributed by atoms with Crippen molar-refractivity contribution in [1.82, 2.24) is 18.7 Å². The summed E-state index contributed by atoms with van der Waals surface area (Å²) in [4.78, 5) is 8.20. The second kappa shape index (κ2) is 4.79. The van der Waals surface area contributed by atoms with E-state index in [0.717, 1.165) is 30.2 Å². The highest BCUT2D eigenvalue weighted by atomic mass is 32.1. The third-order valence-electron chi connectivity index (χ3n) is 1.84. The number of rotatable bonds is 4. The molecule has 6 heteroatoms. The van der Waals surface area contributed by atoms with Gasteiger partial charge in [0.25, 0.3) is 0 Å². The molecule has 0 saturated carbocycles. The van der Waals surface area contributed by atoms with Gasteiger partial charge in [-0.2, -0.15) is 8.75 Å². The van der Waals surface area contributed by atoms with Gasteiger partial charge in [-0.25, -0.2) is 0 Å². The first-order chi connectivity index (χ1) is 7.42. The zero-order chi connectivity index (χ0) is 10.5. The molecule has 5 nitrogen and oxygen atoms in total. The first-order valence-electron chi connectivity index (χ1n) is 4.74. The highest BCUT2D eigenvalue weighted by Gasteiger charge is 2.10. The zero-order valence-corrected chi connectivity index (χ0v) is 9.16. The molecule has 0 unspecified atom stereocenters. The van der Waals surface area contributed by atoms with Gasteiger partial charge in [-0.1, -0.05) is 6.92 Å². The van der Waals surface area contributed by atoms with Crippen LogP contribution in [0.15, 0.2) is 18.6 Å². The summed E-state index contributed by atoms with van der Waals surface area (Å²) >= 11 is 1.18. The summed E-state index contributed by atoms with van der Waals surface area (Å²) in [7, 11) is 0. The Hall–Kier alpha value is -1.56. The lowest BCUT2D eigenvalue weighted by Crippen LogP contribution is -2.01. The molecule has 15 heavy (non-hydrogen) atoms. The molecule has 0 aliphatic carbocycles. The van der Waals surface area contributed by atoms with E-state index in [1.165, 1.54) is 11.7 Å². The molecule has 2 rings (SSSR count). The fourth-order valence-electron chi connectivity index (χ4n) is 1.14. The molecule has 2 heterocycles. The van der Waals surface area contributed by atoms with Gasteiger partial charge in [-0.3, -0.25) is 9.97 Å². The van der Waals surface area contributed by atoms with E-state index >= 15 is 0 Å². The van der Waals surface area contributed by atoms with E-state index in [1.807, 2.05) is 0 Å². The summed E-state index contributed by atoms with van der Waals surface area (Å²) < 4.78 is 8.39. The SMILES string of the molecule is CCCNc1nsnc1-c1cnccn1. The van der Waals surface area contributed by atoms with Crippen LogP contribution in [-0.2, 0) is 0 Å². The summed E-state index contributed by atoms with van der Waals surface area (Å²) in [6.07, 6.45) is 6.03. The smallest absolute Gasteiger partial charge is 0.169 e. The summed E-state index contributed by atoms with van der Waals surface area (Å²) in [6.45, 7) is 2.99. The maximum Gasteiger partial charge on any atom is 0.169 e. The van der Waals surface area contributed by atoms with E-state index in [2.05, 4.69) is 31.0 Å². The van der Waals surface area contributed by atoms with Gasteiger partial charge in [0.1, 0.15) is 11.4 Å². The Morgan fingerprint density at radius 1 is 1.33 bits per heavy atom. The van der Waals surface area contributed by atoms with Crippen LogP contribution in [-0.4, -0.2) is 25.3 Å². The molecule has 2 aromatic rings. The van der Waals surface area contributed by atoms with Gasteiger partial charge in [-0.15, -0.1) is 0 Å². The number of aromatic nitrogens is 4. The molecule has 0 aromatic carbocycles. The van der Waals surface area contributed by atoms with Crippen LogP contribution in [0.5, 0.6) is 0 Å². The van der Waals surface area contributed by atoms with E-state index in [9.17, 15) is 0 Å². The number of hydrogen-bond donors (Lipinski definition) is 1. The number of anilines is 1. The molecule has 0 saturated heterocycles. The minimum Gasteiger partial charge on any atom is -0.367 e. The maximum absolute atomic E-state index is 4.20. The summed E-state index contributed by atoms with van der Waals surface area (Å²) in [6, 6.07) is 0. The van der Waals surface area contributed by atoms with Gasteiger partial charge in [-0.05, 0) is 6.42 Å². The Balaban J connectivity index is 2.25. The summed E-state index contributed by atoms with van der Waals surface area (Å²) in [5, 5.41) is 3.21. The first kappa shape index (κ1) is 9.97. The molecule has 0 aliphatic rings. The van der Waals surface area contributed by atoms with Crippen LogP contribution < -0.4 is 5.32 Å². The molecule has 0 aliphatic heterocycles. The minimum absolute atomic E-state index is 0.754. The van der Waals surface area contributed by atoms with Crippen LogP contribution in [0.4, 0.5) is 5.82 Å². The van der Waals surface area contributed by atoms with Crippen LogP contribution >= 0.6 is 11.7 Å². The molecule has 2 aromatic heterocycles. The van der Waals surface area contributed by atoms with Gasteiger partial charge in [0.15, 0.2) is 5.82 Å². The molecule has 0 spiro atoms. The first-order valence-corrected chi connectivity index (χ1v) is 5.47. The molecular weight excluding hydrogens is 210 g/mol. The Bertz CT molecular complexity index is 413. The van der Waals surface area contributed by atoms with Gasteiger partial charge >= 0.3 is 0 Å². The van der Waals surface area contributed by atoms with E-state index in [-0.39, 0.29) is 0 Å². The predicted octanol–water partition coefficient (Wildman–Crippen LogP) is 1.82. The van der Waals surface area contributed by atoms with Crippen molar-refractivity contribution in [1.29, 1.82) is 0 Å². The standard InChI is InChI=1S/C9H11N5S/c1-2-3-12-9-8(13-15-14-9)7-6-10-4-5-11-7/h4-6H,2-3H2,1H3,(H,12,14). The van der Waals surface area contributed by atoms with Gasteiger partial charge in [0, 0.05) is 18.9 Å². The summed E-state index contributed by atoms with van der Waals surface area (Å²) in [5.74, 6) is 0.794. The van der Waals surface area contributed by atoms with Crippen molar-refractivity contribution in [2.24, 2.45) is 0 Å². The predicted molar refractivity (Wildman–Crippen MR) is 59.7 cm³/mol. The molecular formula is C9H11N5S. The lowest BCUT2D eigenvalue weighted by molar-refractivity contribution is 0.974. The van der Waals surface area contributed by atoms with Gasteiger partial charge in [0.2, 0.25) is 0 Å². The van der Waals surface area contributed by atoms with Crippen molar-refractivity contribution < 1.29 is 0 Å². The topological polar surface area (TPSA) is 63.6 Å². The average Bonchev–Trinajstić information content (AvgIpc) is 2.75. The highest BCUT2D eigenvalue weighted by Crippen LogP contribution is 2.22. The van der Waals surface area contributed by atoms with E-state index in [1.54, 1.807) is 18.6 Å². The van der Waals surface area contributed by atoms with Crippen molar-refractivity contribution in [2.45, 2.75) is 13.3 Å². The third-order valence-corrected chi connectivity index (χ3v) is 2.37. The third kappa shape index (κ3) is 2.27. The molecule has 0 fully saturated rings. The average molecular weight is 221 g/mol. The van der Waals surface area contributed by atoms with Crippen molar-refractivity contribution >= 4 is 17.5 Å². The zero-order valence-electron chi connectivity index (χ0n) is 8.34. The summed E-state index contributed by atoms with van der Waals surface area (Å²) in [5.41, 5.74) is 1.53. The van der Waals surface area contributed by atoms with Crippen LogP contribution in [0.3, 0.4) is 0 Å². The van der Waals surface area contributed by atoms with Crippen LogP contribution in [0.1, 0.15) is 13.3 Å². The number of hydrogen-bond acceptors (Lipinski definition) is 6. The van der Waals surface area contributed by atoms with E-state index in [0.29, 0.717) is 0 Å². The van der Waals surface area contributed by atoms with Gasteiger partial charge < -0.3 is 5.32 Å². The minimum atomic E-state index is 0.754. The van der Waals surface area contributed by atoms with Crippen LogP contribution in [0, 0.1) is 0 Å². The number of nitrogens with zero attached hydrogens (tertiary/aromatic N) is 4. The largest absolute Gasteiger partial charge is 0.367 e. The van der Waals surface area contributed by atoms with Crippen molar-refractivity contribution in [3.63, 3.8) is 0 Å². The van der Waals surface area contributed by atoms with E-state index in [4.69, 9.17) is 0 Å². The highest BCUT2D eigenvalue weighted by molar-refractivity contribution is 6.99. The quantitative estimate of drug-likeness (QED) is 0.853. The second-order valence-corrected chi connectivity index (χ2v) is 3.51. The fraction of sp³-hybridized carbons (Fsp3) is 0.333. The van der Waals surface area contributed by atoms with E-state index < -0.39 is 0 Å². The van der Waals surface area contributed by atoms with Crippen LogP contribution in [0.2, 0.25) is 0 Å². The Morgan fingerprint density at radius 2 is 2.27 bits per heavy atom. The maximum atomic E-state index is 4.20. The van der Waals surface area contributed by atoms with Crippen molar-refractivity contribution in [3.05, 3.63) is 18.6 Å². The normalized spacial score (nSPS) is 10.2. The monoisotopic (exact) mass is 221 g/mol. The number of nitrogens with one attached hydrogen (secondary N) is 1. The molecule has 0 bridgehead atoms. The van der Waals surface area contributed by atoms with Crippen molar-refractivity contribution in [3.8, 4) is 11.4 Å².